The van der Waals surface area contributed by atoms with Crippen molar-refractivity contribution in [1.29, 1.82) is 0 Å². The molecule has 0 saturated carbocycles. The Hall–Kier alpha value is -2.68. The summed E-state index contributed by atoms with van der Waals surface area (Å²) in [6.45, 7) is 0. The van der Waals surface area contributed by atoms with Crippen LogP contribution < -0.4 is 5.32 Å². The third-order valence-corrected chi connectivity index (χ3v) is 4.13. The summed E-state index contributed by atoms with van der Waals surface area (Å²) in [6.07, 6.45) is 1.53. The summed E-state index contributed by atoms with van der Waals surface area (Å²) in [5.74, 6) is -0.751. The van der Waals surface area contributed by atoms with Crippen LogP contribution in [0.5, 0.6) is 0 Å². The number of anilines is 1. The Balaban J connectivity index is 1.64. The largest absolute Gasteiger partial charge is 0.461 e. The minimum atomic E-state index is -0.700. The van der Waals surface area contributed by atoms with Crippen LogP contribution in [0.2, 0.25) is 0 Å². The lowest BCUT2D eigenvalue weighted by Crippen LogP contribution is -2.15. The van der Waals surface area contributed by atoms with Crippen molar-refractivity contribution in [2.24, 2.45) is 7.05 Å². The van der Waals surface area contributed by atoms with Crippen LogP contribution in [0.3, 0.4) is 0 Å². The third kappa shape index (κ3) is 3.46. The summed E-state index contributed by atoms with van der Waals surface area (Å²) in [7, 11) is 1.74. The standard InChI is InChI=1S/C15H12F2N4O2S/c1-21-14(12-3-2-6-23-12)19-20-15(21)24-8-13(22)18-11-7-9(16)4-5-10(11)17/h2-7H,8H2,1H3,(H,18,22). The van der Waals surface area contributed by atoms with E-state index in [1.807, 2.05) is 0 Å². The van der Waals surface area contributed by atoms with Crippen molar-refractivity contribution in [3.8, 4) is 11.6 Å². The molecule has 0 aliphatic carbocycles. The Bertz CT molecular complexity index is 864. The molecule has 124 valence electrons. The van der Waals surface area contributed by atoms with E-state index in [2.05, 4.69) is 15.5 Å². The number of thioether (sulfide) groups is 1. The van der Waals surface area contributed by atoms with Gasteiger partial charge in [0.1, 0.15) is 11.6 Å². The van der Waals surface area contributed by atoms with Gasteiger partial charge >= 0.3 is 0 Å². The molecular weight excluding hydrogens is 338 g/mol. The Morgan fingerprint density at radius 3 is 2.92 bits per heavy atom. The molecule has 1 N–H and O–H groups in total. The molecule has 0 radical (unpaired) electrons. The van der Waals surface area contributed by atoms with Crippen LogP contribution in [-0.4, -0.2) is 26.4 Å². The Morgan fingerprint density at radius 1 is 1.33 bits per heavy atom. The van der Waals surface area contributed by atoms with E-state index in [4.69, 9.17) is 4.42 Å². The molecule has 9 heteroatoms. The van der Waals surface area contributed by atoms with E-state index in [1.165, 1.54) is 6.26 Å². The average molecular weight is 350 g/mol. The maximum absolute atomic E-state index is 13.5. The van der Waals surface area contributed by atoms with Gasteiger partial charge in [-0.1, -0.05) is 11.8 Å². The average Bonchev–Trinajstić information content (AvgIpc) is 3.18. The minimum absolute atomic E-state index is 0.0277. The van der Waals surface area contributed by atoms with Crippen molar-refractivity contribution in [3.05, 3.63) is 48.2 Å². The van der Waals surface area contributed by atoms with Gasteiger partial charge in [0.15, 0.2) is 16.7 Å². The fourth-order valence-corrected chi connectivity index (χ4v) is 2.68. The van der Waals surface area contributed by atoms with Gasteiger partial charge in [-0.05, 0) is 24.3 Å². The summed E-state index contributed by atoms with van der Waals surface area (Å²) < 4.78 is 33.5. The van der Waals surface area contributed by atoms with Gasteiger partial charge in [-0.15, -0.1) is 10.2 Å². The molecule has 3 aromatic rings. The zero-order valence-electron chi connectivity index (χ0n) is 12.5. The summed E-state index contributed by atoms with van der Waals surface area (Å²) in [4.78, 5) is 11.9. The van der Waals surface area contributed by atoms with Gasteiger partial charge in [0, 0.05) is 13.1 Å². The van der Waals surface area contributed by atoms with Crippen LogP contribution in [0, 0.1) is 11.6 Å². The van der Waals surface area contributed by atoms with E-state index < -0.39 is 17.5 Å². The van der Waals surface area contributed by atoms with Crippen LogP contribution >= 0.6 is 11.8 Å². The van der Waals surface area contributed by atoms with Crippen LogP contribution in [-0.2, 0) is 11.8 Å². The monoisotopic (exact) mass is 350 g/mol. The fraction of sp³-hybridized carbons (Fsp3) is 0.133. The number of nitrogens with one attached hydrogen (secondary N) is 1. The summed E-state index contributed by atoms with van der Waals surface area (Å²) in [6, 6.07) is 6.34. The lowest BCUT2D eigenvalue weighted by molar-refractivity contribution is -0.113. The number of aromatic nitrogens is 3. The lowest BCUT2D eigenvalue weighted by Gasteiger charge is -2.06. The van der Waals surface area contributed by atoms with E-state index in [0.717, 1.165) is 30.0 Å². The molecule has 0 unspecified atom stereocenters. The number of amides is 1. The highest BCUT2D eigenvalue weighted by Crippen LogP contribution is 2.23. The minimum Gasteiger partial charge on any atom is -0.461 e. The van der Waals surface area contributed by atoms with E-state index in [0.29, 0.717) is 16.7 Å². The van der Waals surface area contributed by atoms with Gasteiger partial charge in [0.2, 0.25) is 5.91 Å². The normalized spacial score (nSPS) is 10.8. The third-order valence-electron chi connectivity index (χ3n) is 3.11. The van der Waals surface area contributed by atoms with Gasteiger partial charge in [-0.25, -0.2) is 8.78 Å². The number of nitrogens with zero attached hydrogens (tertiary/aromatic N) is 3. The molecule has 0 bridgehead atoms. The van der Waals surface area contributed by atoms with Crippen LogP contribution in [0.1, 0.15) is 0 Å². The van der Waals surface area contributed by atoms with Gasteiger partial charge in [0.25, 0.3) is 0 Å². The van der Waals surface area contributed by atoms with E-state index in [1.54, 1.807) is 23.7 Å². The van der Waals surface area contributed by atoms with Gasteiger partial charge in [0.05, 0.1) is 17.7 Å². The highest BCUT2D eigenvalue weighted by molar-refractivity contribution is 7.99. The highest BCUT2D eigenvalue weighted by atomic mass is 32.2. The van der Waals surface area contributed by atoms with Gasteiger partial charge < -0.3 is 14.3 Å². The second kappa shape index (κ2) is 6.83. The number of hydrogen-bond donors (Lipinski definition) is 1. The lowest BCUT2D eigenvalue weighted by atomic mass is 10.3. The number of carbonyl (C=O) groups is 1. The van der Waals surface area contributed by atoms with Crippen molar-refractivity contribution >= 4 is 23.4 Å². The molecule has 3 rings (SSSR count). The van der Waals surface area contributed by atoms with Crippen molar-refractivity contribution in [2.45, 2.75) is 5.16 Å². The Labute approximate surface area is 139 Å². The molecule has 0 atom stereocenters. The molecule has 2 aromatic heterocycles. The highest BCUT2D eigenvalue weighted by Gasteiger charge is 2.15. The van der Waals surface area contributed by atoms with Crippen molar-refractivity contribution in [1.82, 2.24) is 14.8 Å². The topological polar surface area (TPSA) is 73.0 Å². The number of carbonyl (C=O) groups excluding carboxylic acids is 1. The van der Waals surface area contributed by atoms with Crippen molar-refractivity contribution in [2.75, 3.05) is 11.1 Å². The number of halogens is 2. The van der Waals surface area contributed by atoms with E-state index >= 15 is 0 Å². The van der Waals surface area contributed by atoms with Crippen molar-refractivity contribution < 1.29 is 18.0 Å². The first kappa shape index (κ1) is 16.2. The number of furan rings is 1. The molecule has 6 nitrogen and oxygen atoms in total. The maximum Gasteiger partial charge on any atom is 0.234 e. The predicted molar refractivity (Wildman–Crippen MR) is 84.4 cm³/mol. The van der Waals surface area contributed by atoms with Crippen LogP contribution in [0.4, 0.5) is 14.5 Å². The Kier molecular flexibility index (Phi) is 4.61. The predicted octanol–water partition coefficient (Wildman–Crippen LogP) is 3.08. The van der Waals surface area contributed by atoms with Crippen LogP contribution in [0.15, 0.2) is 46.2 Å². The SMILES string of the molecule is Cn1c(SCC(=O)Nc2cc(F)ccc2F)nnc1-c1ccco1. The molecule has 0 fully saturated rings. The molecule has 1 aromatic carbocycles. The molecule has 24 heavy (non-hydrogen) atoms. The maximum atomic E-state index is 13.5. The first-order valence-electron chi connectivity index (χ1n) is 6.85. The Morgan fingerprint density at radius 2 is 2.17 bits per heavy atom. The molecular formula is C15H12F2N4O2S. The zero-order valence-corrected chi connectivity index (χ0v) is 13.3. The van der Waals surface area contributed by atoms with Gasteiger partial charge in [-0.2, -0.15) is 0 Å². The fourth-order valence-electron chi connectivity index (χ4n) is 1.97. The van der Waals surface area contributed by atoms with E-state index in [9.17, 15) is 13.6 Å². The summed E-state index contributed by atoms with van der Waals surface area (Å²) >= 11 is 1.12. The molecule has 0 spiro atoms. The molecule has 2 heterocycles. The molecule has 0 saturated heterocycles. The second-order valence-corrected chi connectivity index (χ2v) is 5.75. The molecule has 1 amide bonds. The number of rotatable bonds is 5. The van der Waals surface area contributed by atoms with Crippen LogP contribution in [0.25, 0.3) is 11.6 Å². The number of hydrogen-bond acceptors (Lipinski definition) is 5. The quantitative estimate of drug-likeness (QED) is 0.716. The summed E-state index contributed by atoms with van der Waals surface area (Å²) in [5.41, 5.74) is -0.199. The summed E-state index contributed by atoms with van der Waals surface area (Å²) in [5, 5.41) is 10.8. The smallest absolute Gasteiger partial charge is 0.234 e. The molecule has 0 aliphatic rings. The molecule has 0 aliphatic heterocycles. The first-order chi connectivity index (χ1) is 11.5. The first-order valence-corrected chi connectivity index (χ1v) is 7.84. The van der Waals surface area contributed by atoms with Crippen molar-refractivity contribution in [3.63, 3.8) is 0 Å². The second-order valence-electron chi connectivity index (χ2n) is 4.80. The van der Waals surface area contributed by atoms with Gasteiger partial charge in [-0.3, -0.25) is 4.79 Å². The zero-order chi connectivity index (χ0) is 17.1. The number of benzene rings is 1. The van der Waals surface area contributed by atoms with E-state index in [-0.39, 0.29) is 11.4 Å².